The van der Waals surface area contributed by atoms with Crippen LogP contribution >= 0.6 is 0 Å². The van der Waals surface area contributed by atoms with Gasteiger partial charge >= 0.3 is 0 Å². The molecule has 0 aliphatic rings. The zero-order valence-electron chi connectivity index (χ0n) is 13.4. The van der Waals surface area contributed by atoms with Crippen molar-refractivity contribution < 1.29 is 39.5 Å². The highest BCUT2D eigenvalue weighted by atomic mass is 32.2. The smallest absolute Gasteiger partial charge is 0.262 e. The summed E-state index contributed by atoms with van der Waals surface area (Å²) in [5, 5.41) is 10.5. The van der Waals surface area contributed by atoms with Gasteiger partial charge in [0, 0.05) is 12.1 Å². The number of hydrogen-bond donors (Lipinski definition) is 0. The normalized spacial score (nSPS) is 12.8. The third-order valence-electron chi connectivity index (χ3n) is 3.43. The Kier molecular flexibility index (Phi) is 5.80. The molecule has 2 rings (SSSR count). The molecule has 0 fully saturated rings. The minimum Gasteiger partial charge on any atom is -0.262 e. The molecule has 0 bridgehead atoms. The number of halogens is 5. The molecule has 6 nitrogen and oxygen atoms in total. The second-order valence-corrected chi connectivity index (χ2v) is 6.94. The molecule has 0 amide bonds. The van der Waals surface area contributed by atoms with Gasteiger partial charge in [0.2, 0.25) is 5.82 Å². The quantitative estimate of drug-likeness (QED) is 0.180. The molecule has 0 aliphatic carbocycles. The fraction of sp³-hybridized carbons (Fsp3) is 0.200. The third-order valence-corrected chi connectivity index (χ3v) is 4.70. The zero-order valence-corrected chi connectivity index (χ0v) is 14.2. The molecule has 1 atom stereocenters. The van der Waals surface area contributed by atoms with E-state index in [4.69, 9.17) is 0 Å². The number of hydrogen-bond acceptors (Lipinski definition) is 5. The van der Waals surface area contributed by atoms with Crippen LogP contribution in [-0.2, 0) is 20.1 Å². The van der Waals surface area contributed by atoms with E-state index in [2.05, 4.69) is 4.18 Å². The van der Waals surface area contributed by atoms with Gasteiger partial charge in [0.05, 0.1) is 10.5 Å². The molecule has 0 spiro atoms. The van der Waals surface area contributed by atoms with E-state index >= 15 is 0 Å². The van der Waals surface area contributed by atoms with Crippen LogP contribution in [0.1, 0.15) is 24.2 Å². The predicted molar refractivity (Wildman–Crippen MR) is 81.5 cm³/mol. The lowest BCUT2D eigenvalue weighted by Crippen LogP contribution is -2.16. The minimum atomic E-state index is -4.53. The van der Waals surface area contributed by atoms with Gasteiger partial charge in [0.15, 0.2) is 23.3 Å². The molecular formula is C15H10F5NO5S. The molecule has 27 heavy (non-hydrogen) atoms. The van der Waals surface area contributed by atoms with Crippen LogP contribution in [0.3, 0.4) is 0 Å². The summed E-state index contributed by atoms with van der Waals surface area (Å²) >= 11 is 0. The van der Waals surface area contributed by atoms with Crippen molar-refractivity contribution in [2.24, 2.45) is 0 Å². The molecule has 0 N–H and O–H groups in total. The van der Waals surface area contributed by atoms with Gasteiger partial charge in [-0.15, -0.1) is 0 Å². The first kappa shape index (κ1) is 20.7. The lowest BCUT2D eigenvalue weighted by atomic mass is 10.1. The summed E-state index contributed by atoms with van der Waals surface area (Å²) in [6, 6.07) is 4.28. The Morgan fingerprint density at radius 2 is 1.41 bits per heavy atom. The maximum atomic E-state index is 13.7. The van der Waals surface area contributed by atoms with Crippen LogP contribution in [0.2, 0.25) is 0 Å². The van der Waals surface area contributed by atoms with Crippen LogP contribution in [0.5, 0.6) is 0 Å². The average molecular weight is 411 g/mol. The van der Waals surface area contributed by atoms with Gasteiger partial charge in [-0.25, -0.2) is 22.0 Å². The van der Waals surface area contributed by atoms with Crippen LogP contribution in [-0.4, -0.2) is 13.3 Å². The van der Waals surface area contributed by atoms with E-state index in [1.807, 2.05) is 0 Å². The van der Waals surface area contributed by atoms with Crippen molar-refractivity contribution in [2.75, 3.05) is 0 Å². The lowest BCUT2D eigenvalue weighted by molar-refractivity contribution is -0.384. The molecule has 0 aliphatic heterocycles. The van der Waals surface area contributed by atoms with E-state index < -0.39 is 61.5 Å². The Morgan fingerprint density at radius 3 is 1.85 bits per heavy atom. The molecule has 0 saturated heterocycles. The molecule has 146 valence electrons. The minimum absolute atomic E-state index is 0.0465. The number of nitro benzene ring substituents is 1. The average Bonchev–Trinajstić information content (AvgIpc) is 2.58. The highest BCUT2D eigenvalue weighted by molar-refractivity contribution is 7.85. The SMILES string of the molecule is CC(OS(=O)(=O)Cc1ccc([N+](=O)[O-])cc1)c1c(F)c(F)c(F)c(F)c1F. The van der Waals surface area contributed by atoms with Crippen molar-refractivity contribution >= 4 is 15.8 Å². The highest BCUT2D eigenvalue weighted by Gasteiger charge is 2.31. The first-order valence-electron chi connectivity index (χ1n) is 7.10. The molecule has 2 aromatic rings. The van der Waals surface area contributed by atoms with Gasteiger partial charge in [-0.05, 0) is 12.5 Å². The summed E-state index contributed by atoms with van der Waals surface area (Å²) < 4.78 is 95.4. The number of nitrogens with zero attached hydrogens (tertiary/aromatic N) is 1. The number of benzene rings is 2. The van der Waals surface area contributed by atoms with Crippen molar-refractivity contribution in [3.63, 3.8) is 0 Å². The summed E-state index contributed by atoms with van der Waals surface area (Å²) in [6.07, 6.45) is -2.02. The van der Waals surface area contributed by atoms with Crippen molar-refractivity contribution in [3.05, 3.63) is 74.6 Å². The molecule has 0 aromatic heterocycles. The Morgan fingerprint density at radius 1 is 0.963 bits per heavy atom. The van der Waals surface area contributed by atoms with E-state index in [0.717, 1.165) is 31.2 Å². The molecule has 1 unspecified atom stereocenters. The predicted octanol–water partition coefficient (Wildman–Crippen LogP) is 3.90. The molecular weight excluding hydrogens is 401 g/mol. The van der Waals surface area contributed by atoms with Crippen LogP contribution in [0.25, 0.3) is 0 Å². The van der Waals surface area contributed by atoms with E-state index in [1.54, 1.807) is 0 Å². The van der Waals surface area contributed by atoms with Crippen LogP contribution in [0.15, 0.2) is 24.3 Å². The third kappa shape index (κ3) is 4.39. The van der Waals surface area contributed by atoms with E-state index in [-0.39, 0.29) is 11.3 Å². The van der Waals surface area contributed by atoms with Crippen LogP contribution in [0, 0.1) is 39.2 Å². The molecule has 12 heteroatoms. The second kappa shape index (κ2) is 7.56. The largest absolute Gasteiger partial charge is 0.272 e. The van der Waals surface area contributed by atoms with Crippen molar-refractivity contribution in [1.82, 2.24) is 0 Å². The van der Waals surface area contributed by atoms with Crippen molar-refractivity contribution in [1.29, 1.82) is 0 Å². The Labute approximate surface area is 149 Å². The van der Waals surface area contributed by atoms with Crippen LogP contribution in [0.4, 0.5) is 27.6 Å². The first-order chi connectivity index (χ1) is 12.4. The Hall–Kier alpha value is -2.60. The van der Waals surface area contributed by atoms with Crippen molar-refractivity contribution in [3.8, 4) is 0 Å². The number of non-ortho nitro benzene ring substituents is 1. The van der Waals surface area contributed by atoms with Gasteiger partial charge in [0.25, 0.3) is 15.8 Å². The second-order valence-electron chi connectivity index (χ2n) is 5.35. The van der Waals surface area contributed by atoms with Gasteiger partial charge in [-0.3, -0.25) is 14.3 Å². The zero-order chi connectivity index (χ0) is 20.5. The molecule has 0 heterocycles. The lowest BCUT2D eigenvalue weighted by Gasteiger charge is -2.16. The van der Waals surface area contributed by atoms with Crippen LogP contribution < -0.4 is 0 Å². The van der Waals surface area contributed by atoms with Gasteiger partial charge in [-0.1, -0.05) is 12.1 Å². The van der Waals surface area contributed by atoms with Crippen molar-refractivity contribution in [2.45, 2.75) is 18.8 Å². The summed E-state index contributed by atoms with van der Waals surface area (Å²) in [7, 11) is -4.53. The molecule has 0 saturated carbocycles. The standard InChI is InChI=1S/C15H10F5NO5S/c1-7(10-11(16)13(18)15(20)14(19)12(10)17)26-27(24,25)6-8-2-4-9(5-3-8)21(22)23/h2-5,7H,6H2,1H3. The Bertz CT molecular complexity index is 966. The van der Waals surface area contributed by atoms with Gasteiger partial charge < -0.3 is 0 Å². The summed E-state index contributed by atoms with van der Waals surface area (Å²) in [5.41, 5.74) is -1.68. The highest BCUT2D eigenvalue weighted by Crippen LogP contribution is 2.31. The monoisotopic (exact) mass is 411 g/mol. The van der Waals surface area contributed by atoms with E-state index in [1.165, 1.54) is 0 Å². The maximum Gasteiger partial charge on any atom is 0.272 e. The molecule has 0 radical (unpaired) electrons. The summed E-state index contributed by atoms with van der Waals surface area (Å²) in [6.45, 7) is 0.797. The van der Waals surface area contributed by atoms with Gasteiger partial charge in [-0.2, -0.15) is 8.42 Å². The maximum absolute atomic E-state index is 13.7. The topological polar surface area (TPSA) is 86.5 Å². The first-order valence-corrected chi connectivity index (χ1v) is 8.68. The van der Waals surface area contributed by atoms with Gasteiger partial charge in [0.1, 0.15) is 11.9 Å². The molecule has 2 aromatic carbocycles. The fourth-order valence-corrected chi connectivity index (χ4v) is 3.40. The van der Waals surface area contributed by atoms with E-state index in [0.29, 0.717) is 0 Å². The Balaban J connectivity index is 2.27. The number of rotatable bonds is 6. The van der Waals surface area contributed by atoms with E-state index in [9.17, 15) is 40.5 Å². The summed E-state index contributed by atoms with van der Waals surface area (Å²) in [5.74, 6) is -12.1. The number of nitro groups is 1. The fourth-order valence-electron chi connectivity index (χ4n) is 2.20. The summed E-state index contributed by atoms with van der Waals surface area (Å²) in [4.78, 5) is 9.84.